The third-order valence-electron chi connectivity index (χ3n) is 3.35. The van der Waals surface area contributed by atoms with Gasteiger partial charge in [0, 0.05) is 18.2 Å². The fraction of sp³-hybridized carbons (Fsp3) is 0.214. The van der Waals surface area contributed by atoms with Gasteiger partial charge in [-0.05, 0) is 30.2 Å². The monoisotopic (exact) mass is 287 g/mol. The van der Waals surface area contributed by atoms with Crippen LogP contribution in [-0.2, 0) is 17.8 Å². The van der Waals surface area contributed by atoms with E-state index in [0.29, 0.717) is 36.5 Å². The van der Waals surface area contributed by atoms with Crippen LogP contribution in [0.15, 0.2) is 34.9 Å². The van der Waals surface area contributed by atoms with E-state index in [1.807, 2.05) is 0 Å². The van der Waals surface area contributed by atoms with Crippen LogP contribution in [0.1, 0.15) is 17.7 Å². The van der Waals surface area contributed by atoms with Gasteiger partial charge in [-0.15, -0.1) is 0 Å². The number of rotatable bonds is 4. The molecular weight excluding hydrogens is 274 g/mol. The van der Waals surface area contributed by atoms with Crippen molar-refractivity contribution in [2.24, 2.45) is 0 Å². The smallest absolute Gasteiger partial charge is 0.292 e. The molecule has 0 spiro atoms. The highest BCUT2D eigenvalue weighted by molar-refractivity contribution is 5.95. The zero-order valence-electron chi connectivity index (χ0n) is 11.1. The molecule has 108 valence electrons. The van der Waals surface area contributed by atoms with Crippen molar-refractivity contribution in [3.8, 4) is 0 Å². The van der Waals surface area contributed by atoms with Crippen LogP contribution >= 0.6 is 0 Å². The standard InChI is InChI=1S/C14H13N3O4/c18-14-4-3-9-6-13(17(19)20)12(7-11(9)16-14)15-8-10-2-1-5-21-10/h1-2,5-7,15H,3-4,8H2,(H,16,18). The van der Waals surface area contributed by atoms with Crippen molar-refractivity contribution in [1.29, 1.82) is 0 Å². The van der Waals surface area contributed by atoms with Crippen LogP contribution in [-0.4, -0.2) is 10.8 Å². The Bertz CT molecular complexity index is 694. The predicted molar refractivity (Wildman–Crippen MR) is 76.1 cm³/mol. The number of amides is 1. The van der Waals surface area contributed by atoms with Crippen molar-refractivity contribution in [3.05, 3.63) is 52.0 Å². The van der Waals surface area contributed by atoms with Crippen LogP contribution < -0.4 is 10.6 Å². The first-order valence-electron chi connectivity index (χ1n) is 6.51. The first-order valence-corrected chi connectivity index (χ1v) is 6.51. The molecule has 7 heteroatoms. The van der Waals surface area contributed by atoms with Gasteiger partial charge in [0.1, 0.15) is 11.4 Å². The molecule has 2 aromatic rings. The summed E-state index contributed by atoms with van der Waals surface area (Å²) < 4.78 is 5.18. The molecule has 1 aliphatic heterocycles. The Hall–Kier alpha value is -2.83. The van der Waals surface area contributed by atoms with E-state index >= 15 is 0 Å². The Balaban J connectivity index is 1.91. The number of benzene rings is 1. The fourth-order valence-corrected chi connectivity index (χ4v) is 2.30. The lowest BCUT2D eigenvalue weighted by Gasteiger charge is -2.18. The molecule has 0 saturated heterocycles. The molecule has 2 heterocycles. The lowest BCUT2D eigenvalue weighted by Crippen LogP contribution is -2.19. The summed E-state index contributed by atoms with van der Waals surface area (Å²) in [5, 5.41) is 16.9. The van der Waals surface area contributed by atoms with Gasteiger partial charge in [-0.1, -0.05) is 0 Å². The second-order valence-corrected chi connectivity index (χ2v) is 4.76. The summed E-state index contributed by atoms with van der Waals surface area (Å²) in [6, 6.07) is 6.64. The number of carbonyl (C=O) groups excluding carboxylic acids is 1. The van der Waals surface area contributed by atoms with Crippen LogP contribution in [0.5, 0.6) is 0 Å². The van der Waals surface area contributed by atoms with Gasteiger partial charge in [0.05, 0.1) is 17.7 Å². The maximum absolute atomic E-state index is 11.4. The van der Waals surface area contributed by atoms with E-state index in [2.05, 4.69) is 10.6 Å². The van der Waals surface area contributed by atoms with Gasteiger partial charge in [-0.2, -0.15) is 0 Å². The first-order chi connectivity index (χ1) is 10.1. The van der Waals surface area contributed by atoms with Crippen LogP contribution in [0.3, 0.4) is 0 Å². The van der Waals surface area contributed by atoms with Gasteiger partial charge in [0.2, 0.25) is 5.91 Å². The number of anilines is 2. The van der Waals surface area contributed by atoms with Gasteiger partial charge in [-0.3, -0.25) is 14.9 Å². The normalized spacial score (nSPS) is 13.4. The number of fused-ring (bicyclic) bond motifs is 1. The average Bonchev–Trinajstić information content (AvgIpc) is 2.97. The van der Waals surface area contributed by atoms with E-state index < -0.39 is 4.92 Å². The summed E-state index contributed by atoms with van der Waals surface area (Å²) in [7, 11) is 0. The van der Waals surface area contributed by atoms with Crippen LogP contribution in [0.25, 0.3) is 0 Å². The lowest BCUT2D eigenvalue weighted by molar-refractivity contribution is -0.384. The van der Waals surface area contributed by atoms with E-state index in [4.69, 9.17) is 4.42 Å². The van der Waals surface area contributed by atoms with Crippen molar-refractivity contribution in [2.45, 2.75) is 19.4 Å². The number of nitro benzene ring substituents is 1. The minimum Gasteiger partial charge on any atom is -0.467 e. The van der Waals surface area contributed by atoms with E-state index in [9.17, 15) is 14.9 Å². The fourth-order valence-electron chi connectivity index (χ4n) is 2.30. The molecule has 1 amide bonds. The third-order valence-corrected chi connectivity index (χ3v) is 3.35. The molecule has 0 saturated carbocycles. The number of nitro groups is 1. The minimum absolute atomic E-state index is 0.00328. The lowest BCUT2D eigenvalue weighted by atomic mass is 10.0. The molecule has 1 aromatic heterocycles. The van der Waals surface area contributed by atoms with E-state index in [1.54, 1.807) is 24.5 Å². The SMILES string of the molecule is O=C1CCc2cc([N+](=O)[O-])c(NCc3ccco3)cc2N1. The topological polar surface area (TPSA) is 97.4 Å². The molecule has 0 fully saturated rings. The highest BCUT2D eigenvalue weighted by atomic mass is 16.6. The molecule has 1 aromatic carbocycles. The van der Waals surface area contributed by atoms with Crippen molar-refractivity contribution in [1.82, 2.24) is 0 Å². The Morgan fingerprint density at radius 1 is 1.38 bits per heavy atom. The average molecular weight is 287 g/mol. The summed E-state index contributed by atoms with van der Waals surface area (Å²) in [6.07, 6.45) is 2.41. The molecule has 1 aliphatic rings. The molecular formula is C14H13N3O4. The Labute approximate surface area is 120 Å². The summed E-state index contributed by atoms with van der Waals surface area (Å²) in [6.45, 7) is 0.334. The number of nitrogens with zero attached hydrogens (tertiary/aromatic N) is 1. The molecule has 7 nitrogen and oxygen atoms in total. The molecule has 3 rings (SSSR count). The summed E-state index contributed by atoms with van der Waals surface area (Å²) in [5.74, 6) is 0.597. The van der Waals surface area contributed by atoms with Gasteiger partial charge < -0.3 is 15.1 Å². The minimum atomic E-state index is -0.429. The largest absolute Gasteiger partial charge is 0.467 e. The maximum Gasteiger partial charge on any atom is 0.292 e. The van der Waals surface area contributed by atoms with Crippen LogP contribution in [0.4, 0.5) is 17.1 Å². The Morgan fingerprint density at radius 2 is 2.24 bits per heavy atom. The molecule has 2 N–H and O–H groups in total. The Morgan fingerprint density at radius 3 is 2.95 bits per heavy atom. The van der Waals surface area contributed by atoms with Crippen molar-refractivity contribution in [3.63, 3.8) is 0 Å². The van der Waals surface area contributed by atoms with E-state index in [0.717, 1.165) is 5.56 Å². The second-order valence-electron chi connectivity index (χ2n) is 4.76. The van der Waals surface area contributed by atoms with Gasteiger partial charge >= 0.3 is 0 Å². The summed E-state index contributed by atoms with van der Waals surface area (Å²) in [5.41, 5.74) is 1.76. The molecule has 0 unspecified atom stereocenters. The summed E-state index contributed by atoms with van der Waals surface area (Å²) in [4.78, 5) is 22.2. The molecule has 21 heavy (non-hydrogen) atoms. The molecule has 0 radical (unpaired) electrons. The number of furan rings is 1. The highest BCUT2D eigenvalue weighted by Crippen LogP contribution is 2.34. The predicted octanol–water partition coefficient (Wildman–Crippen LogP) is 2.68. The van der Waals surface area contributed by atoms with Crippen molar-refractivity contribution in [2.75, 3.05) is 10.6 Å². The quantitative estimate of drug-likeness (QED) is 0.665. The second kappa shape index (κ2) is 5.28. The van der Waals surface area contributed by atoms with Crippen LogP contribution in [0.2, 0.25) is 0 Å². The van der Waals surface area contributed by atoms with E-state index in [-0.39, 0.29) is 11.6 Å². The first kappa shape index (κ1) is 13.2. The molecule has 0 bridgehead atoms. The van der Waals surface area contributed by atoms with Gasteiger partial charge in [-0.25, -0.2) is 0 Å². The zero-order valence-corrected chi connectivity index (χ0v) is 11.1. The highest BCUT2D eigenvalue weighted by Gasteiger charge is 2.22. The third kappa shape index (κ3) is 2.71. The number of aryl methyl sites for hydroxylation is 1. The maximum atomic E-state index is 11.4. The van der Waals surface area contributed by atoms with Crippen molar-refractivity contribution < 1.29 is 14.1 Å². The Kier molecular flexibility index (Phi) is 3.31. The van der Waals surface area contributed by atoms with Crippen LogP contribution in [0, 0.1) is 10.1 Å². The van der Waals surface area contributed by atoms with Gasteiger partial charge in [0.15, 0.2) is 0 Å². The molecule has 0 atom stereocenters. The summed E-state index contributed by atoms with van der Waals surface area (Å²) >= 11 is 0. The van der Waals surface area contributed by atoms with Gasteiger partial charge in [0.25, 0.3) is 5.69 Å². The number of carbonyl (C=O) groups is 1. The number of hydrogen-bond acceptors (Lipinski definition) is 5. The number of nitrogens with one attached hydrogen (secondary N) is 2. The van der Waals surface area contributed by atoms with Crippen molar-refractivity contribution >= 4 is 23.0 Å². The molecule has 0 aliphatic carbocycles. The zero-order chi connectivity index (χ0) is 14.8. The van der Waals surface area contributed by atoms with E-state index in [1.165, 1.54) is 6.07 Å². The number of hydrogen-bond donors (Lipinski definition) is 2.